The summed E-state index contributed by atoms with van der Waals surface area (Å²) in [7, 11) is 2.94. The molecule has 3 aromatic heterocycles. The fourth-order valence-corrected chi connectivity index (χ4v) is 4.38. The van der Waals surface area contributed by atoms with Crippen LogP contribution in [-0.4, -0.2) is 62.7 Å². The standard InChI is InChI=1S/C29H33ClN6O7/c1-7-36(35-28(39)43-29(2,3)4)15-18-22(23-19(40-5)9-8-10-20(23)41-6)25(37)24(26(38)32-18)27-34-33-21(42-27)13-17-12-11-16(30)14-31-17/h8-12,14H,7,13,15H2,1-6H3,(H,35,39)(H2,32,37,38). The summed E-state index contributed by atoms with van der Waals surface area (Å²) in [6, 6.07) is 8.49. The highest BCUT2D eigenvalue weighted by atomic mass is 35.5. The van der Waals surface area contributed by atoms with E-state index in [9.17, 15) is 14.7 Å². The summed E-state index contributed by atoms with van der Waals surface area (Å²) in [5.74, 6) is 0.232. The Morgan fingerprint density at radius 1 is 1.09 bits per heavy atom. The van der Waals surface area contributed by atoms with Crippen molar-refractivity contribution in [1.29, 1.82) is 0 Å². The van der Waals surface area contributed by atoms with E-state index in [0.29, 0.717) is 34.3 Å². The maximum absolute atomic E-state index is 13.5. The molecule has 14 heteroatoms. The van der Waals surface area contributed by atoms with Gasteiger partial charge in [0.2, 0.25) is 5.89 Å². The van der Waals surface area contributed by atoms with Gasteiger partial charge in [0.1, 0.15) is 28.4 Å². The number of carbonyl (C=O) groups excluding carboxylic acids is 1. The molecule has 0 aliphatic carbocycles. The molecule has 13 nitrogen and oxygen atoms in total. The van der Waals surface area contributed by atoms with E-state index >= 15 is 0 Å². The third-order valence-corrected chi connectivity index (χ3v) is 6.35. The average molecular weight is 613 g/mol. The third kappa shape index (κ3) is 7.43. The molecule has 0 saturated carbocycles. The normalized spacial score (nSPS) is 11.4. The van der Waals surface area contributed by atoms with Crippen LogP contribution in [-0.2, 0) is 17.7 Å². The molecule has 4 rings (SSSR count). The highest BCUT2D eigenvalue weighted by molar-refractivity contribution is 6.30. The molecular formula is C29H33ClN6O7. The predicted octanol–water partition coefficient (Wildman–Crippen LogP) is 4.72. The van der Waals surface area contributed by atoms with Gasteiger partial charge in [-0.25, -0.2) is 9.80 Å². The van der Waals surface area contributed by atoms with Crippen LogP contribution in [0.3, 0.4) is 0 Å². The molecule has 3 heterocycles. The highest BCUT2D eigenvalue weighted by Gasteiger charge is 2.29. The monoisotopic (exact) mass is 612 g/mol. The summed E-state index contributed by atoms with van der Waals surface area (Å²) >= 11 is 5.92. The topological polar surface area (TPSA) is 165 Å². The second-order valence-corrected chi connectivity index (χ2v) is 10.8. The van der Waals surface area contributed by atoms with Crippen LogP contribution < -0.4 is 20.5 Å². The first kappa shape index (κ1) is 31.3. The first-order chi connectivity index (χ1) is 20.4. The average Bonchev–Trinajstić information content (AvgIpc) is 3.40. The maximum Gasteiger partial charge on any atom is 0.422 e. The van der Waals surface area contributed by atoms with Crippen LogP contribution in [0.2, 0.25) is 5.02 Å². The first-order valence-corrected chi connectivity index (χ1v) is 13.7. The Hall–Kier alpha value is -4.62. The van der Waals surface area contributed by atoms with Crippen LogP contribution in [0, 0.1) is 0 Å². The van der Waals surface area contributed by atoms with E-state index in [2.05, 4.69) is 25.6 Å². The van der Waals surface area contributed by atoms with Crippen molar-refractivity contribution >= 4 is 17.7 Å². The number of hydrazine groups is 1. The number of rotatable bonds is 10. The molecule has 0 aliphatic rings. The van der Waals surface area contributed by atoms with Crippen LogP contribution >= 0.6 is 11.6 Å². The van der Waals surface area contributed by atoms with Gasteiger partial charge in [-0.15, -0.1) is 10.2 Å². The Kier molecular flexibility index (Phi) is 9.56. The summed E-state index contributed by atoms with van der Waals surface area (Å²) in [6.07, 6.45) is 0.992. The lowest BCUT2D eigenvalue weighted by molar-refractivity contribution is 0.0323. The minimum absolute atomic E-state index is 0.0350. The van der Waals surface area contributed by atoms with Crippen molar-refractivity contribution in [3.63, 3.8) is 0 Å². The van der Waals surface area contributed by atoms with E-state index in [1.807, 2.05) is 6.92 Å². The maximum atomic E-state index is 13.5. The summed E-state index contributed by atoms with van der Waals surface area (Å²) in [5.41, 5.74) is 2.40. The van der Waals surface area contributed by atoms with E-state index in [1.165, 1.54) is 25.4 Å². The Morgan fingerprint density at radius 3 is 2.37 bits per heavy atom. The Morgan fingerprint density at radius 2 is 1.79 bits per heavy atom. The summed E-state index contributed by atoms with van der Waals surface area (Å²) in [5, 5.41) is 21.8. The van der Waals surface area contributed by atoms with Crippen LogP contribution in [0.25, 0.3) is 22.6 Å². The summed E-state index contributed by atoms with van der Waals surface area (Å²) < 4.78 is 22.4. The number of carbonyl (C=O) groups is 1. The van der Waals surface area contributed by atoms with Gasteiger partial charge in [-0.05, 0) is 45.0 Å². The second-order valence-electron chi connectivity index (χ2n) is 10.3. The van der Waals surface area contributed by atoms with Gasteiger partial charge in [0.15, 0.2) is 0 Å². The van der Waals surface area contributed by atoms with Gasteiger partial charge in [0, 0.05) is 24.1 Å². The lowest BCUT2D eigenvalue weighted by Crippen LogP contribution is -2.44. The second kappa shape index (κ2) is 13.1. The number of halogens is 1. The van der Waals surface area contributed by atoms with Gasteiger partial charge in [-0.3, -0.25) is 15.2 Å². The number of ether oxygens (including phenoxy) is 3. The van der Waals surface area contributed by atoms with Crippen molar-refractivity contribution in [2.75, 3.05) is 20.8 Å². The Balaban J connectivity index is 1.83. The number of nitrogens with one attached hydrogen (secondary N) is 2. The number of aromatic amines is 1. The van der Waals surface area contributed by atoms with Gasteiger partial charge in [0.25, 0.3) is 11.4 Å². The number of benzene rings is 1. The van der Waals surface area contributed by atoms with Crippen molar-refractivity contribution in [3.05, 3.63) is 69.2 Å². The number of methoxy groups -OCH3 is 2. The lowest BCUT2D eigenvalue weighted by Gasteiger charge is -2.26. The quantitative estimate of drug-likeness (QED) is 0.212. The summed E-state index contributed by atoms with van der Waals surface area (Å²) in [4.78, 5) is 33.0. The molecule has 228 valence electrons. The van der Waals surface area contributed by atoms with Gasteiger partial charge in [-0.2, -0.15) is 0 Å². The van der Waals surface area contributed by atoms with Crippen molar-refractivity contribution in [2.24, 2.45) is 0 Å². The summed E-state index contributed by atoms with van der Waals surface area (Å²) in [6.45, 7) is 7.35. The van der Waals surface area contributed by atoms with Gasteiger partial charge >= 0.3 is 6.09 Å². The number of H-pyrrole nitrogens is 1. The Bertz CT molecular complexity index is 1620. The number of aromatic nitrogens is 4. The minimum atomic E-state index is -0.722. The molecule has 0 unspecified atom stereocenters. The molecule has 0 spiro atoms. The molecule has 0 atom stereocenters. The van der Waals surface area contributed by atoms with Gasteiger partial charge < -0.3 is 28.7 Å². The van der Waals surface area contributed by atoms with E-state index in [4.69, 9.17) is 30.2 Å². The molecule has 0 radical (unpaired) electrons. The number of pyridine rings is 2. The van der Waals surface area contributed by atoms with Crippen molar-refractivity contribution in [2.45, 2.75) is 46.3 Å². The fourth-order valence-electron chi connectivity index (χ4n) is 4.26. The van der Waals surface area contributed by atoms with E-state index < -0.39 is 23.0 Å². The third-order valence-electron chi connectivity index (χ3n) is 6.13. The van der Waals surface area contributed by atoms with Crippen LogP contribution in [0.4, 0.5) is 4.79 Å². The van der Waals surface area contributed by atoms with E-state index in [-0.39, 0.29) is 41.6 Å². The van der Waals surface area contributed by atoms with Crippen LogP contribution in [0.15, 0.2) is 45.7 Å². The molecule has 0 aliphatic heterocycles. The number of hydrogen-bond acceptors (Lipinski definition) is 11. The molecule has 0 saturated heterocycles. The molecule has 1 amide bonds. The molecule has 4 aromatic rings. The van der Waals surface area contributed by atoms with Gasteiger partial charge in [0.05, 0.1) is 43.3 Å². The van der Waals surface area contributed by atoms with E-state index in [0.717, 1.165) is 0 Å². The highest BCUT2D eigenvalue weighted by Crippen LogP contribution is 2.46. The van der Waals surface area contributed by atoms with Crippen LogP contribution in [0.5, 0.6) is 17.2 Å². The lowest BCUT2D eigenvalue weighted by atomic mass is 9.97. The molecule has 43 heavy (non-hydrogen) atoms. The number of nitrogens with zero attached hydrogens (tertiary/aromatic N) is 4. The van der Waals surface area contributed by atoms with Crippen molar-refractivity contribution in [1.82, 2.24) is 30.6 Å². The number of aromatic hydroxyl groups is 1. The van der Waals surface area contributed by atoms with Crippen LogP contribution in [0.1, 0.15) is 45.0 Å². The molecule has 1 aromatic carbocycles. The predicted molar refractivity (Wildman–Crippen MR) is 158 cm³/mol. The Labute approximate surface area is 252 Å². The van der Waals surface area contributed by atoms with Crippen molar-refractivity contribution in [3.8, 4) is 39.8 Å². The minimum Gasteiger partial charge on any atom is -0.506 e. The molecule has 0 fully saturated rings. The van der Waals surface area contributed by atoms with E-state index in [1.54, 1.807) is 51.1 Å². The zero-order valence-electron chi connectivity index (χ0n) is 24.6. The first-order valence-electron chi connectivity index (χ1n) is 13.3. The zero-order valence-corrected chi connectivity index (χ0v) is 25.4. The smallest absolute Gasteiger partial charge is 0.422 e. The largest absolute Gasteiger partial charge is 0.506 e. The number of amides is 1. The molecule has 0 bridgehead atoms. The van der Waals surface area contributed by atoms with Crippen molar-refractivity contribution < 1.29 is 28.5 Å². The fraction of sp³-hybridized carbons (Fsp3) is 0.345. The SMILES string of the molecule is CCN(Cc1[nH]c(=O)c(-c2nnc(Cc3ccc(Cl)cn3)o2)c(O)c1-c1c(OC)cccc1OC)NC(=O)OC(C)(C)C. The zero-order chi connectivity index (χ0) is 31.3. The number of hydrogen-bond donors (Lipinski definition) is 3. The molecular weight excluding hydrogens is 580 g/mol. The molecule has 3 N–H and O–H groups in total. The van der Waals surface area contributed by atoms with Gasteiger partial charge in [-0.1, -0.05) is 24.6 Å².